The summed E-state index contributed by atoms with van der Waals surface area (Å²) in [6, 6.07) is 36.9. The van der Waals surface area contributed by atoms with E-state index in [1.54, 1.807) is 6.08 Å². The molecule has 0 atom stereocenters. The van der Waals surface area contributed by atoms with Crippen molar-refractivity contribution in [3.63, 3.8) is 0 Å². The molecule has 5 aromatic rings. The van der Waals surface area contributed by atoms with Crippen LogP contribution in [0.4, 0.5) is 0 Å². The van der Waals surface area contributed by atoms with Crippen LogP contribution in [0.1, 0.15) is 38.4 Å². The molecule has 0 aliphatic rings. The Balaban J connectivity index is 1.59. The van der Waals surface area contributed by atoms with Gasteiger partial charge in [0.15, 0.2) is 5.78 Å². The number of allylic oxidation sites excluding steroid dienone is 1. The molecule has 0 unspecified atom stereocenters. The third kappa shape index (κ3) is 5.25. The Morgan fingerprint density at radius 3 is 1.71 bits per heavy atom. The maximum Gasteiger partial charge on any atom is 0.186 e. The molecule has 0 aliphatic carbocycles. The van der Waals surface area contributed by atoms with E-state index >= 15 is 0 Å². The Hall–Kier alpha value is -4.37. The van der Waals surface area contributed by atoms with Crippen LogP contribution in [-0.4, -0.2) is 14.9 Å². The molecule has 0 fully saturated rings. The Bertz CT molecular complexity index is 1370. The molecule has 0 bridgehead atoms. The van der Waals surface area contributed by atoms with Crippen molar-refractivity contribution in [3.05, 3.63) is 161 Å². The fraction of sp³-hybridized carbons (Fsp3) is 0.0938. The van der Waals surface area contributed by atoms with Crippen LogP contribution in [0.3, 0.4) is 0 Å². The monoisotopic (exact) mass is 456 g/mol. The zero-order valence-electron chi connectivity index (χ0n) is 19.8. The lowest BCUT2D eigenvalue weighted by molar-refractivity contribution is 0.104. The highest BCUT2D eigenvalue weighted by atomic mass is 16.1. The first kappa shape index (κ1) is 22.4. The zero-order chi connectivity index (χ0) is 24.0. The Labute approximate surface area is 206 Å². The van der Waals surface area contributed by atoms with Gasteiger partial charge in [-0.15, -0.1) is 0 Å². The number of rotatable bonds is 8. The minimum absolute atomic E-state index is 0.00335. The standard InChI is InChI=1S/C32H28N2O/c1-25-11-8-16-28(21-25)32(35)22-29(30-17-9-19-33(30)23-26-12-4-2-5-13-26)31-18-10-20-34(31)24-27-14-6-3-7-15-27/h2-22H,23-24H2,1H3. The second-order valence-electron chi connectivity index (χ2n) is 8.81. The molecule has 0 saturated carbocycles. The van der Waals surface area contributed by atoms with Crippen LogP contribution in [0.5, 0.6) is 0 Å². The van der Waals surface area contributed by atoms with Gasteiger partial charge in [0.05, 0.1) is 11.4 Å². The summed E-state index contributed by atoms with van der Waals surface area (Å²) in [5.41, 5.74) is 7.16. The van der Waals surface area contributed by atoms with E-state index in [1.807, 2.05) is 55.5 Å². The molecule has 2 aromatic heterocycles. The van der Waals surface area contributed by atoms with Crippen LogP contribution in [0, 0.1) is 6.92 Å². The molecule has 0 aliphatic heterocycles. The first-order valence-electron chi connectivity index (χ1n) is 11.9. The summed E-state index contributed by atoms with van der Waals surface area (Å²) in [6.07, 6.45) is 5.96. The van der Waals surface area contributed by atoms with Gasteiger partial charge in [0.25, 0.3) is 0 Å². The Kier molecular flexibility index (Phi) is 6.58. The van der Waals surface area contributed by atoms with E-state index in [0.717, 1.165) is 35.6 Å². The second-order valence-corrected chi connectivity index (χ2v) is 8.81. The third-order valence-corrected chi connectivity index (χ3v) is 6.18. The summed E-state index contributed by atoms with van der Waals surface area (Å²) in [4.78, 5) is 13.4. The molecule has 2 heterocycles. The number of carbonyl (C=O) groups excluding carboxylic acids is 1. The van der Waals surface area contributed by atoms with Gasteiger partial charge in [0, 0.05) is 36.6 Å². The zero-order valence-corrected chi connectivity index (χ0v) is 19.8. The summed E-state index contributed by atoms with van der Waals surface area (Å²) >= 11 is 0. The SMILES string of the molecule is Cc1cccc(C(=O)C=C(c2cccn2Cc2ccccc2)c2cccn2Cc2ccccc2)c1. The lowest BCUT2D eigenvalue weighted by Gasteiger charge is -2.16. The highest BCUT2D eigenvalue weighted by Gasteiger charge is 2.17. The van der Waals surface area contributed by atoms with Gasteiger partial charge in [-0.05, 0) is 54.5 Å². The maximum atomic E-state index is 13.4. The number of aryl methyl sites for hydroxylation is 1. The summed E-state index contributed by atoms with van der Waals surface area (Å²) in [6.45, 7) is 3.48. The molecular formula is C32H28N2O. The predicted molar refractivity (Wildman–Crippen MR) is 143 cm³/mol. The highest BCUT2D eigenvalue weighted by molar-refractivity contribution is 6.10. The van der Waals surface area contributed by atoms with Crippen molar-refractivity contribution in [3.8, 4) is 0 Å². The van der Waals surface area contributed by atoms with Crippen LogP contribution >= 0.6 is 0 Å². The van der Waals surface area contributed by atoms with Gasteiger partial charge in [-0.1, -0.05) is 84.4 Å². The number of benzene rings is 3. The van der Waals surface area contributed by atoms with Crippen molar-refractivity contribution < 1.29 is 4.79 Å². The second kappa shape index (κ2) is 10.3. The van der Waals surface area contributed by atoms with E-state index in [4.69, 9.17) is 0 Å². The van der Waals surface area contributed by atoms with E-state index in [9.17, 15) is 4.79 Å². The molecular weight excluding hydrogens is 428 g/mol. The largest absolute Gasteiger partial charge is 0.343 e. The molecule has 172 valence electrons. The molecule has 3 heteroatoms. The van der Waals surface area contributed by atoms with Crippen LogP contribution in [0.15, 0.2) is 128 Å². The van der Waals surface area contributed by atoms with E-state index in [-0.39, 0.29) is 5.78 Å². The number of aromatic nitrogens is 2. The van der Waals surface area contributed by atoms with Gasteiger partial charge in [0.1, 0.15) is 0 Å². The van der Waals surface area contributed by atoms with Crippen LogP contribution in [0.2, 0.25) is 0 Å². The number of nitrogens with zero attached hydrogens (tertiary/aromatic N) is 2. The first-order valence-corrected chi connectivity index (χ1v) is 11.9. The van der Waals surface area contributed by atoms with Crippen molar-refractivity contribution in [2.24, 2.45) is 0 Å². The number of ketones is 1. The molecule has 0 radical (unpaired) electrons. The molecule has 0 saturated heterocycles. The summed E-state index contributed by atoms with van der Waals surface area (Å²) in [7, 11) is 0. The summed E-state index contributed by atoms with van der Waals surface area (Å²) < 4.78 is 4.43. The maximum absolute atomic E-state index is 13.4. The van der Waals surface area contributed by atoms with E-state index in [2.05, 4.69) is 82.2 Å². The predicted octanol–water partition coefficient (Wildman–Crippen LogP) is 7.01. The quantitative estimate of drug-likeness (QED) is 0.182. The molecule has 35 heavy (non-hydrogen) atoms. The number of carbonyl (C=O) groups is 1. The summed E-state index contributed by atoms with van der Waals surface area (Å²) in [5.74, 6) is 0.00335. The highest BCUT2D eigenvalue weighted by Crippen LogP contribution is 2.27. The molecule has 5 rings (SSSR count). The van der Waals surface area contributed by atoms with E-state index in [1.165, 1.54) is 11.1 Å². The number of hydrogen-bond acceptors (Lipinski definition) is 1. The number of hydrogen-bond donors (Lipinski definition) is 0. The normalized spacial score (nSPS) is 10.8. The average Bonchev–Trinajstić information content (AvgIpc) is 3.53. The molecule has 0 spiro atoms. The van der Waals surface area contributed by atoms with Crippen molar-refractivity contribution >= 4 is 11.4 Å². The lowest BCUT2D eigenvalue weighted by atomic mass is 10.0. The van der Waals surface area contributed by atoms with Crippen LogP contribution in [-0.2, 0) is 13.1 Å². The van der Waals surface area contributed by atoms with Gasteiger partial charge >= 0.3 is 0 Å². The smallest absolute Gasteiger partial charge is 0.186 e. The Morgan fingerprint density at radius 1 is 0.657 bits per heavy atom. The van der Waals surface area contributed by atoms with Crippen molar-refractivity contribution in [1.82, 2.24) is 9.13 Å². The van der Waals surface area contributed by atoms with Crippen LogP contribution < -0.4 is 0 Å². The van der Waals surface area contributed by atoms with Gasteiger partial charge in [0.2, 0.25) is 0 Å². The van der Waals surface area contributed by atoms with Gasteiger partial charge in [-0.3, -0.25) is 4.79 Å². The van der Waals surface area contributed by atoms with Gasteiger partial charge in [-0.2, -0.15) is 0 Å². The average molecular weight is 457 g/mol. The Morgan fingerprint density at radius 2 is 1.20 bits per heavy atom. The molecule has 0 amide bonds. The van der Waals surface area contributed by atoms with Gasteiger partial charge in [-0.25, -0.2) is 0 Å². The van der Waals surface area contributed by atoms with Crippen molar-refractivity contribution in [1.29, 1.82) is 0 Å². The minimum Gasteiger partial charge on any atom is -0.343 e. The first-order chi connectivity index (χ1) is 17.2. The fourth-order valence-electron chi connectivity index (χ4n) is 4.45. The van der Waals surface area contributed by atoms with Gasteiger partial charge < -0.3 is 9.13 Å². The van der Waals surface area contributed by atoms with E-state index < -0.39 is 0 Å². The van der Waals surface area contributed by atoms with E-state index in [0.29, 0.717) is 5.56 Å². The van der Waals surface area contributed by atoms with Crippen LogP contribution in [0.25, 0.3) is 5.57 Å². The molecule has 3 aromatic carbocycles. The summed E-state index contributed by atoms with van der Waals surface area (Å²) in [5, 5.41) is 0. The molecule has 3 nitrogen and oxygen atoms in total. The molecule has 0 N–H and O–H groups in total. The minimum atomic E-state index is 0.00335. The van der Waals surface area contributed by atoms with Crippen molar-refractivity contribution in [2.45, 2.75) is 20.0 Å². The fourth-order valence-corrected chi connectivity index (χ4v) is 4.45. The lowest BCUT2D eigenvalue weighted by Crippen LogP contribution is -2.09. The third-order valence-electron chi connectivity index (χ3n) is 6.18. The van der Waals surface area contributed by atoms with Crippen molar-refractivity contribution in [2.75, 3.05) is 0 Å². The topological polar surface area (TPSA) is 26.9 Å².